The summed E-state index contributed by atoms with van der Waals surface area (Å²) < 4.78 is 10.7. The lowest BCUT2D eigenvalue weighted by Gasteiger charge is -2.23. The molecule has 1 aromatic heterocycles. The highest BCUT2D eigenvalue weighted by Gasteiger charge is 2.21. The number of nitrogens with one attached hydrogen (secondary N) is 2. The number of thiophene rings is 1. The molecule has 0 aliphatic carbocycles. The second kappa shape index (κ2) is 8.68. The van der Waals surface area contributed by atoms with Gasteiger partial charge in [0.15, 0.2) is 11.5 Å². The third-order valence-electron chi connectivity index (χ3n) is 4.95. The van der Waals surface area contributed by atoms with Crippen LogP contribution in [0.4, 0.5) is 0 Å². The monoisotopic (exact) mass is 408 g/mol. The lowest BCUT2D eigenvalue weighted by Crippen LogP contribution is -2.43. The minimum Gasteiger partial charge on any atom is -0.454 e. The minimum absolute atomic E-state index is 0.0260. The van der Waals surface area contributed by atoms with Crippen molar-refractivity contribution in [1.82, 2.24) is 10.6 Å². The highest BCUT2D eigenvalue weighted by atomic mass is 32.1. The van der Waals surface area contributed by atoms with E-state index in [1.807, 2.05) is 31.2 Å². The fraction of sp³-hybridized carbons (Fsp3) is 0.261. The number of aryl methyl sites for hydroxylation is 1. The van der Waals surface area contributed by atoms with Crippen molar-refractivity contribution < 1.29 is 14.3 Å². The van der Waals surface area contributed by atoms with Crippen molar-refractivity contribution in [3.8, 4) is 11.5 Å². The van der Waals surface area contributed by atoms with Crippen molar-refractivity contribution in [3.05, 3.63) is 81.5 Å². The van der Waals surface area contributed by atoms with Gasteiger partial charge in [-0.25, -0.2) is 0 Å². The Bertz CT molecular complexity index is 970. The maximum Gasteiger partial charge on any atom is 0.237 e. The number of carbonyl (C=O) groups is 1. The summed E-state index contributed by atoms with van der Waals surface area (Å²) in [7, 11) is 0. The van der Waals surface area contributed by atoms with Crippen LogP contribution in [-0.4, -0.2) is 18.7 Å². The van der Waals surface area contributed by atoms with Gasteiger partial charge in [-0.05, 0) is 48.6 Å². The second-order valence-corrected chi connectivity index (χ2v) is 8.13. The zero-order chi connectivity index (χ0) is 20.2. The van der Waals surface area contributed by atoms with Gasteiger partial charge in [-0.15, -0.1) is 11.3 Å². The van der Waals surface area contributed by atoms with E-state index >= 15 is 0 Å². The number of hydrogen-bond acceptors (Lipinski definition) is 5. The second-order valence-electron chi connectivity index (χ2n) is 7.15. The number of carbonyl (C=O) groups excluding carboxylic acids is 1. The molecule has 0 saturated carbocycles. The van der Waals surface area contributed by atoms with Gasteiger partial charge in [0.25, 0.3) is 0 Å². The molecule has 2 atom stereocenters. The Balaban J connectivity index is 1.41. The van der Waals surface area contributed by atoms with E-state index in [0.717, 1.165) is 22.6 Å². The molecule has 0 bridgehead atoms. The zero-order valence-corrected chi connectivity index (χ0v) is 17.3. The Labute approximate surface area is 174 Å². The first kappa shape index (κ1) is 19.5. The van der Waals surface area contributed by atoms with Crippen LogP contribution < -0.4 is 20.1 Å². The van der Waals surface area contributed by atoms with Gasteiger partial charge >= 0.3 is 0 Å². The van der Waals surface area contributed by atoms with Crippen molar-refractivity contribution in [2.24, 2.45) is 0 Å². The van der Waals surface area contributed by atoms with Crippen molar-refractivity contribution in [2.45, 2.75) is 32.5 Å². The average molecular weight is 409 g/mol. The van der Waals surface area contributed by atoms with E-state index in [2.05, 4.69) is 53.3 Å². The van der Waals surface area contributed by atoms with Crippen molar-refractivity contribution in [1.29, 1.82) is 0 Å². The van der Waals surface area contributed by atoms with Crippen LogP contribution in [0.2, 0.25) is 0 Å². The third kappa shape index (κ3) is 4.60. The Hall–Kier alpha value is -2.83. The third-order valence-corrected chi connectivity index (χ3v) is 5.89. The Kier molecular flexibility index (Phi) is 5.83. The Morgan fingerprint density at radius 1 is 1.10 bits per heavy atom. The van der Waals surface area contributed by atoms with Crippen LogP contribution >= 0.6 is 11.3 Å². The van der Waals surface area contributed by atoms with E-state index in [4.69, 9.17) is 9.47 Å². The van der Waals surface area contributed by atoms with Gasteiger partial charge in [0.05, 0.1) is 12.1 Å². The molecular weight excluding hydrogens is 384 g/mol. The molecule has 4 rings (SSSR count). The van der Waals surface area contributed by atoms with Crippen LogP contribution in [-0.2, 0) is 11.3 Å². The van der Waals surface area contributed by atoms with Gasteiger partial charge < -0.3 is 14.8 Å². The SMILES string of the molecule is Cc1ccc([C@H](N[C@@H](C)C(=O)NCc2ccc3c(c2)OCO3)c2cccs2)cc1. The molecule has 6 heteroatoms. The maximum atomic E-state index is 12.7. The van der Waals surface area contributed by atoms with Crippen LogP contribution in [0, 0.1) is 6.92 Å². The molecule has 0 radical (unpaired) electrons. The summed E-state index contributed by atoms with van der Waals surface area (Å²) in [5.74, 6) is 1.42. The molecule has 150 valence electrons. The molecule has 5 nitrogen and oxygen atoms in total. The van der Waals surface area contributed by atoms with Crippen molar-refractivity contribution in [2.75, 3.05) is 6.79 Å². The molecule has 2 aromatic carbocycles. The summed E-state index contributed by atoms with van der Waals surface area (Å²) >= 11 is 1.69. The molecule has 0 fully saturated rings. The number of fused-ring (bicyclic) bond motifs is 1. The summed E-state index contributed by atoms with van der Waals surface area (Å²) in [6.45, 7) is 4.65. The lowest BCUT2D eigenvalue weighted by atomic mass is 10.0. The first-order chi connectivity index (χ1) is 14.1. The summed E-state index contributed by atoms with van der Waals surface area (Å²) in [6.07, 6.45) is 0. The maximum absolute atomic E-state index is 12.7. The molecule has 0 saturated heterocycles. The molecule has 0 spiro atoms. The minimum atomic E-state index is -0.350. The molecule has 0 unspecified atom stereocenters. The molecule has 1 amide bonds. The fourth-order valence-corrected chi connectivity index (χ4v) is 4.09. The van der Waals surface area contributed by atoms with E-state index in [1.54, 1.807) is 11.3 Å². The average Bonchev–Trinajstić information content (AvgIpc) is 3.42. The number of hydrogen-bond donors (Lipinski definition) is 2. The van der Waals surface area contributed by atoms with Gasteiger partial charge in [0.1, 0.15) is 0 Å². The van der Waals surface area contributed by atoms with Gasteiger partial charge in [0.2, 0.25) is 12.7 Å². The zero-order valence-electron chi connectivity index (χ0n) is 16.5. The summed E-state index contributed by atoms with van der Waals surface area (Å²) in [5.41, 5.74) is 3.34. The molecule has 1 aliphatic rings. The van der Waals surface area contributed by atoms with E-state index < -0.39 is 0 Å². The highest BCUT2D eigenvalue weighted by molar-refractivity contribution is 7.10. The van der Waals surface area contributed by atoms with Crippen LogP contribution in [0.3, 0.4) is 0 Å². The van der Waals surface area contributed by atoms with E-state index in [0.29, 0.717) is 6.54 Å². The van der Waals surface area contributed by atoms with Gasteiger partial charge in [-0.1, -0.05) is 42.0 Å². The van der Waals surface area contributed by atoms with Crippen molar-refractivity contribution >= 4 is 17.2 Å². The van der Waals surface area contributed by atoms with E-state index in [1.165, 1.54) is 10.4 Å². The van der Waals surface area contributed by atoms with Gasteiger partial charge in [-0.3, -0.25) is 10.1 Å². The number of rotatable bonds is 7. The number of ether oxygens (including phenoxy) is 2. The standard InChI is InChI=1S/C23H24N2O3S/c1-15-5-8-18(9-6-15)22(21-4-3-11-29-21)25-16(2)23(26)24-13-17-7-10-19-20(12-17)28-14-27-19/h3-12,16,22,25H,13-14H2,1-2H3,(H,24,26)/t16-,22-/m0/s1. The molecule has 2 N–H and O–H groups in total. The molecule has 1 aliphatic heterocycles. The van der Waals surface area contributed by atoms with Crippen LogP contribution in [0.15, 0.2) is 60.0 Å². The Morgan fingerprint density at radius 3 is 2.66 bits per heavy atom. The Morgan fingerprint density at radius 2 is 1.90 bits per heavy atom. The van der Waals surface area contributed by atoms with Crippen LogP contribution in [0.25, 0.3) is 0 Å². The van der Waals surface area contributed by atoms with E-state index in [-0.39, 0.29) is 24.8 Å². The molecule has 3 aromatic rings. The quantitative estimate of drug-likeness (QED) is 0.616. The smallest absolute Gasteiger partial charge is 0.237 e. The summed E-state index contributed by atoms with van der Waals surface area (Å²) in [4.78, 5) is 13.9. The summed E-state index contributed by atoms with van der Waals surface area (Å²) in [5, 5.41) is 8.55. The molecule has 2 heterocycles. The van der Waals surface area contributed by atoms with Crippen LogP contribution in [0.1, 0.15) is 34.5 Å². The normalized spacial score (nSPS) is 14.4. The topological polar surface area (TPSA) is 59.6 Å². The molecular formula is C23H24N2O3S. The van der Waals surface area contributed by atoms with Crippen molar-refractivity contribution in [3.63, 3.8) is 0 Å². The number of amides is 1. The largest absolute Gasteiger partial charge is 0.454 e. The predicted octanol–water partition coefficient (Wildman–Crippen LogP) is 4.17. The van der Waals surface area contributed by atoms with Crippen LogP contribution in [0.5, 0.6) is 11.5 Å². The first-order valence-electron chi connectivity index (χ1n) is 9.62. The van der Waals surface area contributed by atoms with Gasteiger partial charge in [0, 0.05) is 11.4 Å². The van der Waals surface area contributed by atoms with E-state index in [9.17, 15) is 4.79 Å². The fourth-order valence-electron chi connectivity index (χ4n) is 3.28. The van der Waals surface area contributed by atoms with Gasteiger partial charge in [-0.2, -0.15) is 0 Å². The molecule has 29 heavy (non-hydrogen) atoms. The summed E-state index contributed by atoms with van der Waals surface area (Å²) in [6, 6.07) is 17.9. The number of benzene rings is 2. The first-order valence-corrected chi connectivity index (χ1v) is 10.5. The predicted molar refractivity (Wildman–Crippen MR) is 114 cm³/mol. The highest BCUT2D eigenvalue weighted by Crippen LogP contribution is 2.32. The lowest BCUT2D eigenvalue weighted by molar-refractivity contribution is -0.123.